The Morgan fingerprint density at radius 1 is 1.20 bits per heavy atom. The summed E-state index contributed by atoms with van der Waals surface area (Å²) in [6.07, 6.45) is 1.79. The number of rotatable bonds is 4. The third-order valence-electron chi connectivity index (χ3n) is 4.10. The zero-order chi connectivity index (χ0) is 18.1. The molecule has 1 fully saturated rings. The fourth-order valence-electron chi connectivity index (χ4n) is 2.93. The first-order valence-corrected chi connectivity index (χ1v) is 9.10. The lowest BCUT2D eigenvalue weighted by molar-refractivity contribution is -0.146. The third-order valence-corrected chi connectivity index (χ3v) is 5.43. The van der Waals surface area contributed by atoms with Crippen LogP contribution in [0, 0.1) is 5.92 Å². The minimum absolute atomic E-state index is 0.239. The first kappa shape index (κ1) is 17.6. The summed E-state index contributed by atoms with van der Waals surface area (Å²) in [4.78, 5) is 26.0. The molecule has 2 aromatic carbocycles. The molecule has 128 valence electrons. The zero-order valence-electron chi connectivity index (χ0n) is 13.8. The summed E-state index contributed by atoms with van der Waals surface area (Å²) in [5.41, 5.74) is 0.912. The number of fused-ring (bicyclic) bond motifs is 1. The van der Waals surface area contributed by atoms with Gasteiger partial charge in [0, 0.05) is 0 Å². The van der Waals surface area contributed by atoms with E-state index in [9.17, 15) is 14.7 Å². The lowest BCUT2D eigenvalue weighted by Crippen LogP contribution is -2.47. The SMILES string of the molecule is CC(C)C(C(=O)O)N1C(=O)/C(=C/c2cccc3ccccc23)SC1=S. The van der Waals surface area contributed by atoms with Gasteiger partial charge in [-0.25, -0.2) is 4.79 Å². The molecule has 3 rings (SSSR count). The molecule has 0 aromatic heterocycles. The van der Waals surface area contributed by atoms with E-state index in [-0.39, 0.29) is 16.1 Å². The first-order chi connectivity index (χ1) is 11.9. The maximum atomic E-state index is 12.8. The fourth-order valence-corrected chi connectivity index (χ4v) is 4.25. The minimum atomic E-state index is -1.04. The van der Waals surface area contributed by atoms with E-state index in [1.54, 1.807) is 19.9 Å². The van der Waals surface area contributed by atoms with Crippen molar-refractivity contribution in [3.63, 3.8) is 0 Å². The van der Waals surface area contributed by atoms with Crippen LogP contribution in [0.2, 0.25) is 0 Å². The smallest absolute Gasteiger partial charge is 0.327 e. The van der Waals surface area contributed by atoms with Crippen molar-refractivity contribution in [3.05, 3.63) is 52.9 Å². The Hall–Kier alpha value is -2.18. The molecule has 0 aliphatic carbocycles. The summed E-state index contributed by atoms with van der Waals surface area (Å²) in [7, 11) is 0. The van der Waals surface area contributed by atoms with E-state index >= 15 is 0 Å². The van der Waals surface area contributed by atoms with Gasteiger partial charge >= 0.3 is 5.97 Å². The number of amides is 1. The summed E-state index contributed by atoms with van der Waals surface area (Å²) in [5, 5.41) is 11.6. The van der Waals surface area contributed by atoms with Crippen LogP contribution in [0.25, 0.3) is 16.8 Å². The topological polar surface area (TPSA) is 57.6 Å². The molecular formula is C19H17NO3S2. The first-order valence-electron chi connectivity index (χ1n) is 7.88. The number of carboxylic acids is 1. The maximum Gasteiger partial charge on any atom is 0.327 e. The number of hydrogen-bond acceptors (Lipinski definition) is 4. The number of carbonyl (C=O) groups excluding carboxylic acids is 1. The number of carbonyl (C=O) groups is 2. The van der Waals surface area contributed by atoms with E-state index < -0.39 is 12.0 Å². The second-order valence-corrected chi connectivity index (χ2v) is 7.82. The largest absolute Gasteiger partial charge is 0.480 e. The second kappa shape index (κ2) is 6.98. The summed E-state index contributed by atoms with van der Waals surface area (Å²) in [6.45, 7) is 3.54. The molecule has 1 atom stereocenters. The van der Waals surface area contributed by atoms with Gasteiger partial charge in [-0.05, 0) is 28.3 Å². The van der Waals surface area contributed by atoms with E-state index in [2.05, 4.69) is 0 Å². The van der Waals surface area contributed by atoms with Crippen LogP contribution >= 0.6 is 24.0 Å². The van der Waals surface area contributed by atoms with E-state index in [4.69, 9.17) is 12.2 Å². The minimum Gasteiger partial charge on any atom is -0.480 e. The average Bonchev–Trinajstić information content (AvgIpc) is 2.83. The van der Waals surface area contributed by atoms with Crippen molar-refractivity contribution in [2.45, 2.75) is 19.9 Å². The fraction of sp³-hybridized carbons (Fsp3) is 0.211. The molecule has 1 unspecified atom stereocenters. The van der Waals surface area contributed by atoms with Crippen molar-refractivity contribution in [2.75, 3.05) is 0 Å². The molecule has 25 heavy (non-hydrogen) atoms. The van der Waals surface area contributed by atoms with Gasteiger partial charge in [0.25, 0.3) is 5.91 Å². The predicted octanol–water partition coefficient (Wildman–Crippen LogP) is 4.15. The number of aliphatic carboxylic acids is 1. The van der Waals surface area contributed by atoms with Gasteiger partial charge in [0.15, 0.2) is 0 Å². The van der Waals surface area contributed by atoms with Crippen LogP contribution in [0.5, 0.6) is 0 Å². The molecule has 1 amide bonds. The molecule has 0 radical (unpaired) electrons. The van der Waals surface area contributed by atoms with Gasteiger partial charge in [-0.3, -0.25) is 9.69 Å². The van der Waals surface area contributed by atoms with Crippen LogP contribution in [0.3, 0.4) is 0 Å². The van der Waals surface area contributed by atoms with Crippen LogP contribution in [-0.4, -0.2) is 32.2 Å². The molecule has 0 saturated carbocycles. The van der Waals surface area contributed by atoms with Crippen LogP contribution in [0.15, 0.2) is 47.4 Å². The molecule has 1 aliphatic rings. The number of carboxylic acid groups (broad SMARTS) is 1. The summed E-state index contributed by atoms with van der Waals surface area (Å²) in [6, 6.07) is 12.8. The monoisotopic (exact) mass is 371 g/mol. The highest BCUT2D eigenvalue weighted by Crippen LogP contribution is 2.36. The lowest BCUT2D eigenvalue weighted by atomic mass is 10.0. The predicted molar refractivity (Wildman–Crippen MR) is 105 cm³/mol. The molecule has 6 heteroatoms. The molecule has 1 heterocycles. The van der Waals surface area contributed by atoms with Crippen molar-refractivity contribution in [3.8, 4) is 0 Å². The molecule has 1 N–H and O–H groups in total. The van der Waals surface area contributed by atoms with Crippen molar-refractivity contribution >= 4 is 57.0 Å². The highest BCUT2D eigenvalue weighted by molar-refractivity contribution is 8.26. The Bertz CT molecular complexity index is 899. The standard InChI is InChI=1S/C19H17NO3S2/c1-11(2)16(18(22)23)20-17(21)15(25-19(20)24)10-13-8-5-7-12-6-3-4-9-14(12)13/h3-11,16H,1-2H3,(H,22,23)/b15-10-. The Labute approximate surface area is 155 Å². The molecule has 2 aromatic rings. The quantitative estimate of drug-likeness (QED) is 0.646. The molecule has 0 bridgehead atoms. The Morgan fingerprint density at radius 2 is 1.88 bits per heavy atom. The van der Waals surface area contributed by atoms with Gasteiger partial charge in [-0.1, -0.05) is 80.3 Å². The van der Waals surface area contributed by atoms with Crippen molar-refractivity contribution in [1.82, 2.24) is 4.90 Å². The normalized spacial score (nSPS) is 17.7. The molecular weight excluding hydrogens is 354 g/mol. The van der Waals surface area contributed by atoms with Crippen molar-refractivity contribution < 1.29 is 14.7 Å². The number of nitrogens with zero attached hydrogens (tertiary/aromatic N) is 1. The number of benzene rings is 2. The van der Waals surface area contributed by atoms with Gasteiger partial charge in [-0.15, -0.1) is 0 Å². The molecule has 4 nitrogen and oxygen atoms in total. The van der Waals surface area contributed by atoms with Crippen LogP contribution < -0.4 is 0 Å². The van der Waals surface area contributed by atoms with E-state index in [0.717, 1.165) is 28.1 Å². The zero-order valence-corrected chi connectivity index (χ0v) is 15.4. The van der Waals surface area contributed by atoms with E-state index in [1.807, 2.05) is 42.5 Å². The van der Waals surface area contributed by atoms with E-state index in [0.29, 0.717) is 4.91 Å². The summed E-state index contributed by atoms with van der Waals surface area (Å²) in [5.74, 6) is -1.63. The summed E-state index contributed by atoms with van der Waals surface area (Å²) >= 11 is 6.44. The van der Waals surface area contributed by atoms with Crippen LogP contribution in [-0.2, 0) is 9.59 Å². The van der Waals surface area contributed by atoms with E-state index in [1.165, 1.54) is 4.90 Å². The van der Waals surface area contributed by atoms with Gasteiger partial charge in [0.1, 0.15) is 10.4 Å². The van der Waals surface area contributed by atoms with Gasteiger partial charge in [-0.2, -0.15) is 0 Å². The third kappa shape index (κ3) is 3.32. The number of hydrogen-bond donors (Lipinski definition) is 1. The van der Waals surface area contributed by atoms with Crippen LogP contribution in [0.1, 0.15) is 19.4 Å². The Morgan fingerprint density at radius 3 is 2.56 bits per heavy atom. The Kier molecular flexibility index (Phi) is 4.92. The lowest BCUT2D eigenvalue weighted by Gasteiger charge is -2.26. The molecule has 1 saturated heterocycles. The summed E-state index contributed by atoms with van der Waals surface area (Å²) < 4.78 is 0.289. The molecule has 1 aliphatic heterocycles. The van der Waals surface area contributed by atoms with Crippen LogP contribution in [0.4, 0.5) is 0 Å². The highest BCUT2D eigenvalue weighted by atomic mass is 32.2. The molecule has 0 spiro atoms. The maximum absolute atomic E-state index is 12.8. The number of thioether (sulfide) groups is 1. The average molecular weight is 371 g/mol. The van der Waals surface area contributed by atoms with Gasteiger partial charge in [0.05, 0.1) is 4.91 Å². The van der Waals surface area contributed by atoms with Gasteiger partial charge in [0.2, 0.25) is 0 Å². The number of thiocarbonyl (C=S) groups is 1. The van der Waals surface area contributed by atoms with Gasteiger partial charge < -0.3 is 5.11 Å². The highest BCUT2D eigenvalue weighted by Gasteiger charge is 2.41. The van der Waals surface area contributed by atoms with Crippen molar-refractivity contribution in [1.29, 1.82) is 0 Å². The second-order valence-electron chi connectivity index (χ2n) is 6.15. The van der Waals surface area contributed by atoms with Crippen molar-refractivity contribution in [2.24, 2.45) is 5.92 Å². The Balaban J connectivity index is 2.02.